The van der Waals surface area contributed by atoms with Crippen LogP contribution < -0.4 is 5.73 Å². The number of nitrogens with two attached hydrogens (primary N) is 1. The fraction of sp³-hybridized carbons (Fsp3) is 0.400. The Balaban J connectivity index is 1.88. The summed E-state index contributed by atoms with van der Waals surface area (Å²) in [6.45, 7) is 0. The summed E-state index contributed by atoms with van der Waals surface area (Å²) < 4.78 is 0. The molecule has 0 bridgehead atoms. The highest BCUT2D eigenvalue weighted by molar-refractivity contribution is 8.00. The Bertz CT molecular complexity index is 535. The molecule has 1 saturated heterocycles. The summed E-state index contributed by atoms with van der Waals surface area (Å²) in [4.78, 5) is 4.35. The molecule has 2 heterocycles. The van der Waals surface area contributed by atoms with E-state index in [1.807, 2.05) is 24.0 Å². The Morgan fingerprint density at radius 2 is 2.22 bits per heavy atom. The summed E-state index contributed by atoms with van der Waals surface area (Å²) in [6.07, 6.45) is 5.74. The number of aromatic nitrogens is 1. The summed E-state index contributed by atoms with van der Waals surface area (Å²) in [5.74, 6) is 1.26. The molecule has 0 spiro atoms. The average molecular weight is 258 g/mol. The van der Waals surface area contributed by atoms with Crippen molar-refractivity contribution < 1.29 is 0 Å². The van der Waals surface area contributed by atoms with Gasteiger partial charge in [-0.05, 0) is 42.4 Å². The first kappa shape index (κ1) is 12.0. The second kappa shape index (κ2) is 5.29. The van der Waals surface area contributed by atoms with Crippen molar-refractivity contribution in [2.75, 3.05) is 5.75 Å². The minimum atomic E-state index is 0.153. The van der Waals surface area contributed by atoms with E-state index in [1.54, 1.807) is 0 Å². The van der Waals surface area contributed by atoms with Gasteiger partial charge >= 0.3 is 0 Å². The van der Waals surface area contributed by atoms with Crippen molar-refractivity contribution in [2.45, 2.75) is 30.6 Å². The van der Waals surface area contributed by atoms with E-state index in [1.165, 1.54) is 36.0 Å². The fourth-order valence-electron chi connectivity index (χ4n) is 2.56. The Kier molecular flexibility index (Phi) is 3.52. The van der Waals surface area contributed by atoms with Gasteiger partial charge in [0.05, 0.1) is 5.52 Å². The summed E-state index contributed by atoms with van der Waals surface area (Å²) in [7, 11) is 0. The summed E-state index contributed by atoms with van der Waals surface area (Å²) in [5, 5.41) is 1.76. The molecule has 2 nitrogen and oxygen atoms in total. The molecule has 94 valence electrons. The lowest BCUT2D eigenvalue weighted by Crippen LogP contribution is -2.26. The average Bonchev–Trinajstić information content (AvgIpc) is 2.47. The lowest BCUT2D eigenvalue weighted by Gasteiger charge is -2.27. The number of hydrogen-bond donors (Lipinski definition) is 1. The van der Waals surface area contributed by atoms with Gasteiger partial charge in [-0.2, -0.15) is 11.8 Å². The molecule has 2 atom stereocenters. The van der Waals surface area contributed by atoms with Gasteiger partial charge in [-0.15, -0.1) is 0 Å². The minimum Gasteiger partial charge on any atom is -0.323 e. The van der Waals surface area contributed by atoms with Crippen LogP contribution in [0.5, 0.6) is 0 Å². The largest absolute Gasteiger partial charge is 0.323 e. The molecule has 3 heteroatoms. The van der Waals surface area contributed by atoms with Gasteiger partial charge in [-0.3, -0.25) is 4.98 Å². The second-order valence-corrected chi connectivity index (χ2v) is 6.23. The van der Waals surface area contributed by atoms with Crippen LogP contribution >= 0.6 is 11.8 Å². The van der Waals surface area contributed by atoms with Gasteiger partial charge in [-0.1, -0.05) is 18.6 Å². The number of nitrogens with zero attached hydrogens (tertiary/aromatic N) is 1. The minimum absolute atomic E-state index is 0.153. The Hall–Kier alpha value is -1.06. The standard InChI is InChI=1S/C15H18N2S/c16-15(14-5-1-2-9-18-14)12-6-7-13-11(10-12)4-3-8-17-13/h3-4,6-8,10,14-15H,1-2,5,9,16H2. The Morgan fingerprint density at radius 3 is 3.06 bits per heavy atom. The quantitative estimate of drug-likeness (QED) is 0.895. The number of fused-ring (bicyclic) bond motifs is 1. The molecule has 1 aromatic heterocycles. The summed E-state index contributed by atoms with van der Waals surface area (Å²) in [6, 6.07) is 10.6. The van der Waals surface area contributed by atoms with Crippen molar-refractivity contribution >= 4 is 22.7 Å². The highest BCUT2D eigenvalue weighted by atomic mass is 32.2. The van der Waals surface area contributed by atoms with Gasteiger partial charge in [0.1, 0.15) is 0 Å². The number of hydrogen-bond acceptors (Lipinski definition) is 3. The molecule has 2 N–H and O–H groups in total. The van der Waals surface area contributed by atoms with E-state index in [4.69, 9.17) is 5.73 Å². The number of thioether (sulfide) groups is 1. The Morgan fingerprint density at radius 1 is 1.28 bits per heavy atom. The second-order valence-electron chi connectivity index (χ2n) is 4.89. The van der Waals surface area contributed by atoms with Gasteiger partial charge < -0.3 is 5.73 Å². The predicted molar refractivity (Wildman–Crippen MR) is 78.8 cm³/mol. The predicted octanol–water partition coefficient (Wildman–Crippen LogP) is 3.52. The lowest BCUT2D eigenvalue weighted by atomic mass is 9.99. The van der Waals surface area contributed by atoms with E-state index in [-0.39, 0.29) is 6.04 Å². The lowest BCUT2D eigenvalue weighted by molar-refractivity contribution is 0.582. The van der Waals surface area contributed by atoms with Crippen molar-refractivity contribution in [1.82, 2.24) is 4.98 Å². The molecular weight excluding hydrogens is 240 g/mol. The van der Waals surface area contributed by atoms with Crippen molar-refractivity contribution in [1.29, 1.82) is 0 Å². The molecule has 0 aliphatic carbocycles. The van der Waals surface area contributed by atoms with Crippen LogP contribution in [0.25, 0.3) is 10.9 Å². The first-order chi connectivity index (χ1) is 8.84. The molecule has 0 saturated carbocycles. The van der Waals surface area contributed by atoms with Crippen LogP contribution in [0.2, 0.25) is 0 Å². The van der Waals surface area contributed by atoms with Crippen molar-refractivity contribution in [3.05, 3.63) is 42.1 Å². The number of rotatable bonds is 2. The summed E-state index contributed by atoms with van der Waals surface area (Å²) >= 11 is 2.03. The number of pyridine rings is 1. The third-order valence-electron chi connectivity index (χ3n) is 3.63. The van der Waals surface area contributed by atoms with E-state index in [0.717, 1.165) is 5.52 Å². The smallest absolute Gasteiger partial charge is 0.0702 e. The SMILES string of the molecule is NC(c1ccc2ncccc2c1)C1CCCCS1. The van der Waals surface area contributed by atoms with E-state index in [9.17, 15) is 0 Å². The van der Waals surface area contributed by atoms with Crippen molar-refractivity contribution in [3.8, 4) is 0 Å². The monoisotopic (exact) mass is 258 g/mol. The van der Waals surface area contributed by atoms with Gasteiger partial charge in [0.15, 0.2) is 0 Å². The van der Waals surface area contributed by atoms with Crippen LogP contribution in [0, 0.1) is 0 Å². The highest BCUT2D eigenvalue weighted by Gasteiger charge is 2.22. The third kappa shape index (κ3) is 2.38. The van der Waals surface area contributed by atoms with Crippen LogP contribution in [0.4, 0.5) is 0 Å². The molecule has 1 aliphatic heterocycles. The van der Waals surface area contributed by atoms with Crippen LogP contribution in [0.1, 0.15) is 30.9 Å². The summed E-state index contributed by atoms with van der Waals surface area (Å²) in [5.41, 5.74) is 8.71. The molecule has 2 unspecified atom stereocenters. The zero-order chi connectivity index (χ0) is 12.4. The van der Waals surface area contributed by atoms with Crippen LogP contribution in [0.3, 0.4) is 0 Å². The van der Waals surface area contributed by atoms with Gasteiger partial charge in [0, 0.05) is 22.9 Å². The van der Waals surface area contributed by atoms with E-state index in [2.05, 4.69) is 29.2 Å². The molecular formula is C15H18N2S. The molecule has 0 radical (unpaired) electrons. The first-order valence-electron chi connectivity index (χ1n) is 6.56. The van der Waals surface area contributed by atoms with Gasteiger partial charge in [0.2, 0.25) is 0 Å². The zero-order valence-electron chi connectivity index (χ0n) is 10.4. The molecule has 3 rings (SSSR count). The topological polar surface area (TPSA) is 38.9 Å². The first-order valence-corrected chi connectivity index (χ1v) is 7.61. The van der Waals surface area contributed by atoms with Gasteiger partial charge in [0.25, 0.3) is 0 Å². The van der Waals surface area contributed by atoms with Crippen LogP contribution in [0.15, 0.2) is 36.5 Å². The van der Waals surface area contributed by atoms with Crippen LogP contribution in [-0.4, -0.2) is 16.0 Å². The molecule has 1 fully saturated rings. The van der Waals surface area contributed by atoms with E-state index < -0.39 is 0 Å². The molecule has 1 aliphatic rings. The maximum absolute atomic E-state index is 6.42. The molecule has 2 aromatic rings. The van der Waals surface area contributed by atoms with E-state index in [0.29, 0.717) is 5.25 Å². The van der Waals surface area contributed by atoms with Gasteiger partial charge in [-0.25, -0.2) is 0 Å². The highest BCUT2D eigenvalue weighted by Crippen LogP contribution is 2.33. The normalized spacial score (nSPS) is 21.9. The van der Waals surface area contributed by atoms with E-state index >= 15 is 0 Å². The third-order valence-corrected chi connectivity index (χ3v) is 5.11. The maximum atomic E-state index is 6.42. The van der Waals surface area contributed by atoms with Crippen LogP contribution in [-0.2, 0) is 0 Å². The van der Waals surface area contributed by atoms with Crippen molar-refractivity contribution in [3.63, 3.8) is 0 Å². The molecule has 0 amide bonds. The fourth-order valence-corrected chi connectivity index (χ4v) is 3.94. The van der Waals surface area contributed by atoms with Crippen molar-refractivity contribution in [2.24, 2.45) is 5.73 Å². The number of benzene rings is 1. The Labute approximate surface area is 112 Å². The zero-order valence-corrected chi connectivity index (χ0v) is 11.2. The maximum Gasteiger partial charge on any atom is 0.0702 e. The molecule has 1 aromatic carbocycles. The molecule has 18 heavy (non-hydrogen) atoms.